The monoisotopic (exact) mass is 294 g/mol. The van der Waals surface area contributed by atoms with Crippen molar-refractivity contribution >= 4 is 12.6 Å². The zero-order valence-corrected chi connectivity index (χ0v) is 14.2. The van der Waals surface area contributed by atoms with E-state index in [2.05, 4.69) is 39.5 Å². The van der Waals surface area contributed by atoms with Gasteiger partial charge < -0.3 is 4.74 Å². The summed E-state index contributed by atoms with van der Waals surface area (Å²) in [4.78, 5) is 0. The van der Waals surface area contributed by atoms with Gasteiger partial charge in [-0.2, -0.15) is 12.6 Å². The minimum atomic E-state index is -0.0200. The van der Waals surface area contributed by atoms with E-state index in [1.807, 2.05) is 0 Å². The standard InChI is InChI=1S/C18H30OS/c1-4-16(5-6-20)19-17(2,3)18-10-13-7-14(11-18)9-15(8-13)12-18/h4,13-15,20H,5-12H2,1-3H3. The maximum atomic E-state index is 6.52. The fraction of sp³-hybridized carbons (Fsp3) is 0.889. The molecule has 4 aliphatic carbocycles. The largest absolute Gasteiger partial charge is 0.492 e. The second kappa shape index (κ2) is 5.26. The van der Waals surface area contributed by atoms with Crippen LogP contribution >= 0.6 is 12.6 Å². The number of hydrogen-bond donors (Lipinski definition) is 1. The summed E-state index contributed by atoms with van der Waals surface area (Å²) >= 11 is 4.36. The molecule has 1 nitrogen and oxygen atoms in total. The zero-order chi connectivity index (χ0) is 14.4. The highest BCUT2D eigenvalue weighted by Crippen LogP contribution is 2.64. The molecule has 4 bridgehead atoms. The molecule has 0 unspecified atom stereocenters. The molecule has 114 valence electrons. The summed E-state index contributed by atoms with van der Waals surface area (Å²) in [5.41, 5.74) is 0.417. The topological polar surface area (TPSA) is 9.23 Å². The number of rotatable bonds is 5. The van der Waals surface area contributed by atoms with Crippen LogP contribution in [-0.2, 0) is 4.74 Å². The molecule has 4 fully saturated rings. The van der Waals surface area contributed by atoms with E-state index in [0.29, 0.717) is 5.41 Å². The van der Waals surface area contributed by atoms with Gasteiger partial charge in [0.2, 0.25) is 0 Å². The molecule has 4 rings (SSSR count). The third kappa shape index (κ3) is 2.42. The van der Waals surface area contributed by atoms with Crippen LogP contribution in [0.2, 0.25) is 0 Å². The molecule has 4 aliphatic rings. The van der Waals surface area contributed by atoms with Crippen LogP contribution in [0.1, 0.15) is 65.7 Å². The van der Waals surface area contributed by atoms with Crippen molar-refractivity contribution < 1.29 is 4.74 Å². The summed E-state index contributed by atoms with van der Waals surface area (Å²) in [7, 11) is 0. The quantitative estimate of drug-likeness (QED) is 0.540. The van der Waals surface area contributed by atoms with Gasteiger partial charge in [-0.3, -0.25) is 0 Å². The van der Waals surface area contributed by atoms with Gasteiger partial charge in [-0.25, -0.2) is 0 Å². The van der Waals surface area contributed by atoms with Gasteiger partial charge >= 0.3 is 0 Å². The maximum absolute atomic E-state index is 6.52. The Hall–Kier alpha value is -0.110. The fourth-order valence-electron chi connectivity index (χ4n) is 5.65. The molecule has 0 aromatic rings. The molecule has 2 heteroatoms. The van der Waals surface area contributed by atoms with E-state index in [0.717, 1.165) is 35.7 Å². The first kappa shape index (κ1) is 14.8. The van der Waals surface area contributed by atoms with Crippen molar-refractivity contribution in [1.29, 1.82) is 0 Å². The second-order valence-corrected chi connectivity index (χ2v) is 8.49. The van der Waals surface area contributed by atoms with E-state index in [4.69, 9.17) is 4.74 Å². The summed E-state index contributed by atoms with van der Waals surface area (Å²) < 4.78 is 6.52. The van der Waals surface area contributed by atoms with Crippen LogP contribution in [0.15, 0.2) is 11.8 Å². The molecule has 0 aromatic heterocycles. The molecule has 0 heterocycles. The molecule has 0 amide bonds. The molecule has 0 aliphatic heterocycles. The van der Waals surface area contributed by atoms with Gasteiger partial charge in [-0.05, 0) is 88.9 Å². The van der Waals surface area contributed by atoms with Crippen molar-refractivity contribution in [1.82, 2.24) is 0 Å². The van der Waals surface area contributed by atoms with E-state index in [1.54, 1.807) is 0 Å². The van der Waals surface area contributed by atoms with Gasteiger partial charge in [0.15, 0.2) is 0 Å². The molecule has 0 N–H and O–H groups in total. The van der Waals surface area contributed by atoms with Crippen LogP contribution in [-0.4, -0.2) is 11.4 Å². The lowest BCUT2D eigenvalue weighted by Gasteiger charge is -2.62. The van der Waals surface area contributed by atoms with Crippen LogP contribution in [0.5, 0.6) is 0 Å². The number of allylic oxidation sites excluding steroid dienone is 2. The summed E-state index contributed by atoms with van der Waals surface area (Å²) in [6.45, 7) is 6.79. The third-order valence-electron chi connectivity index (χ3n) is 6.38. The van der Waals surface area contributed by atoms with Crippen molar-refractivity contribution in [3.8, 4) is 0 Å². The first-order valence-electron chi connectivity index (χ1n) is 8.43. The summed E-state index contributed by atoms with van der Waals surface area (Å²) in [5, 5.41) is 0. The van der Waals surface area contributed by atoms with Crippen LogP contribution in [0, 0.1) is 23.2 Å². The number of thiol groups is 1. The lowest BCUT2D eigenvalue weighted by Crippen LogP contribution is -2.56. The van der Waals surface area contributed by atoms with E-state index in [1.165, 1.54) is 38.5 Å². The molecular formula is C18H30OS. The first-order chi connectivity index (χ1) is 9.48. The molecule has 0 aromatic carbocycles. The number of hydrogen-bond acceptors (Lipinski definition) is 2. The van der Waals surface area contributed by atoms with Crippen molar-refractivity contribution in [3.05, 3.63) is 11.8 Å². The van der Waals surface area contributed by atoms with Gasteiger partial charge in [0, 0.05) is 11.8 Å². The highest BCUT2D eigenvalue weighted by molar-refractivity contribution is 7.80. The fourth-order valence-corrected chi connectivity index (χ4v) is 5.87. The van der Waals surface area contributed by atoms with Crippen LogP contribution < -0.4 is 0 Å². The average Bonchev–Trinajstić information content (AvgIpc) is 2.36. The van der Waals surface area contributed by atoms with Gasteiger partial charge in [-0.1, -0.05) is 0 Å². The predicted molar refractivity (Wildman–Crippen MR) is 88.0 cm³/mol. The van der Waals surface area contributed by atoms with E-state index in [-0.39, 0.29) is 5.60 Å². The molecule has 0 saturated heterocycles. The average molecular weight is 295 g/mol. The Balaban J connectivity index is 1.79. The Kier molecular flexibility index (Phi) is 3.90. The lowest BCUT2D eigenvalue weighted by molar-refractivity contribution is -0.172. The predicted octanol–water partition coefficient (Wildman–Crippen LogP) is 5.22. The Morgan fingerprint density at radius 2 is 1.65 bits per heavy atom. The maximum Gasteiger partial charge on any atom is 0.109 e. The first-order valence-corrected chi connectivity index (χ1v) is 9.06. The molecule has 0 atom stereocenters. The highest BCUT2D eigenvalue weighted by atomic mass is 32.1. The Morgan fingerprint density at radius 1 is 1.15 bits per heavy atom. The lowest BCUT2D eigenvalue weighted by atomic mass is 9.46. The molecule has 20 heavy (non-hydrogen) atoms. The minimum absolute atomic E-state index is 0.0200. The second-order valence-electron chi connectivity index (χ2n) is 8.04. The Morgan fingerprint density at radius 3 is 2.05 bits per heavy atom. The smallest absolute Gasteiger partial charge is 0.109 e. The van der Waals surface area contributed by atoms with Crippen molar-refractivity contribution in [2.24, 2.45) is 23.2 Å². The molecule has 0 spiro atoms. The van der Waals surface area contributed by atoms with Gasteiger partial charge in [-0.15, -0.1) is 0 Å². The van der Waals surface area contributed by atoms with Crippen molar-refractivity contribution in [2.45, 2.75) is 71.3 Å². The SMILES string of the molecule is CC=C(CCS)OC(C)(C)C12CC3CC(CC(C3)C1)C2. The normalized spacial score (nSPS) is 40.2. The molecule has 4 saturated carbocycles. The number of ether oxygens (including phenoxy) is 1. The van der Waals surface area contributed by atoms with Crippen LogP contribution in [0.3, 0.4) is 0 Å². The van der Waals surface area contributed by atoms with Crippen molar-refractivity contribution in [2.75, 3.05) is 5.75 Å². The van der Waals surface area contributed by atoms with Gasteiger partial charge in [0.05, 0.1) is 5.76 Å². The molecule has 0 radical (unpaired) electrons. The van der Waals surface area contributed by atoms with Gasteiger partial charge in [0.1, 0.15) is 5.60 Å². The summed E-state index contributed by atoms with van der Waals surface area (Å²) in [5.74, 6) is 4.98. The highest BCUT2D eigenvalue weighted by Gasteiger charge is 2.58. The van der Waals surface area contributed by atoms with Gasteiger partial charge in [0.25, 0.3) is 0 Å². The van der Waals surface area contributed by atoms with E-state index < -0.39 is 0 Å². The van der Waals surface area contributed by atoms with E-state index >= 15 is 0 Å². The van der Waals surface area contributed by atoms with Crippen LogP contribution in [0.4, 0.5) is 0 Å². The third-order valence-corrected chi connectivity index (χ3v) is 6.61. The zero-order valence-electron chi connectivity index (χ0n) is 13.3. The Bertz CT molecular complexity index is 361. The van der Waals surface area contributed by atoms with Crippen LogP contribution in [0.25, 0.3) is 0 Å². The molecular weight excluding hydrogens is 264 g/mol. The Labute approximate surface area is 130 Å². The summed E-state index contributed by atoms with van der Waals surface area (Å²) in [6.07, 6.45) is 11.8. The van der Waals surface area contributed by atoms with Crippen molar-refractivity contribution in [3.63, 3.8) is 0 Å². The van der Waals surface area contributed by atoms with E-state index in [9.17, 15) is 0 Å². The summed E-state index contributed by atoms with van der Waals surface area (Å²) in [6, 6.07) is 0. The minimum Gasteiger partial charge on any atom is -0.492 e.